The van der Waals surface area contributed by atoms with Gasteiger partial charge in [-0.15, -0.1) is 0 Å². The van der Waals surface area contributed by atoms with Gasteiger partial charge in [0.25, 0.3) is 0 Å². The van der Waals surface area contributed by atoms with Crippen LogP contribution in [0.2, 0.25) is 0 Å². The molecule has 0 radical (unpaired) electrons. The Kier molecular flexibility index (Phi) is 4.48. The molecule has 128 valence electrons. The predicted octanol–water partition coefficient (Wildman–Crippen LogP) is 3.41. The first-order chi connectivity index (χ1) is 11.4. The lowest BCUT2D eigenvalue weighted by molar-refractivity contribution is -0.140. The molecule has 2 amide bonds. The highest BCUT2D eigenvalue weighted by molar-refractivity contribution is 6.05. The molecule has 1 aromatic carbocycles. The molecule has 2 atom stereocenters. The highest BCUT2D eigenvalue weighted by atomic mass is 16.5. The number of nitrogens with zero attached hydrogens (tertiary/aromatic N) is 1. The maximum atomic E-state index is 12.6. The fraction of sp³-hybridized carbons (Fsp3) is 0.500. The highest BCUT2D eigenvalue weighted by Gasteiger charge is 2.48. The fourth-order valence-electron chi connectivity index (χ4n) is 3.65. The minimum atomic E-state index is -0.165. The Morgan fingerprint density at radius 2 is 1.58 bits per heavy atom. The number of likely N-dealkylation sites (tertiary alicyclic amines) is 1. The summed E-state index contributed by atoms with van der Waals surface area (Å²) in [6.45, 7) is 8.81. The third kappa shape index (κ3) is 2.97. The number of hydrogen-bond acceptors (Lipinski definition) is 3. The summed E-state index contributed by atoms with van der Waals surface area (Å²) in [5.41, 5.74) is 4.70. The average Bonchev–Trinajstić information content (AvgIpc) is 2.76. The van der Waals surface area contributed by atoms with Crippen LogP contribution < -0.4 is 4.74 Å². The van der Waals surface area contributed by atoms with Crippen molar-refractivity contribution >= 4 is 11.8 Å². The Morgan fingerprint density at radius 1 is 1.00 bits per heavy atom. The quantitative estimate of drug-likeness (QED) is 0.629. The van der Waals surface area contributed by atoms with E-state index in [4.69, 9.17) is 4.74 Å². The number of amides is 2. The number of ether oxygens (including phenoxy) is 1. The average molecular weight is 327 g/mol. The summed E-state index contributed by atoms with van der Waals surface area (Å²) in [4.78, 5) is 26.6. The van der Waals surface area contributed by atoms with Gasteiger partial charge in [-0.05, 0) is 57.7 Å². The van der Waals surface area contributed by atoms with Crippen LogP contribution in [0.4, 0.5) is 0 Å². The van der Waals surface area contributed by atoms with Gasteiger partial charge in [-0.1, -0.05) is 23.3 Å². The number of fused-ring (bicyclic) bond motifs is 1. The topological polar surface area (TPSA) is 46.6 Å². The number of rotatable bonds is 4. The van der Waals surface area contributed by atoms with Crippen LogP contribution in [0.25, 0.3) is 0 Å². The van der Waals surface area contributed by atoms with Crippen LogP contribution in [0.3, 0.4) is 0 Å². The zero-order chi connectivity index (χ0) is 17.4. The van der Waals surface area contributed by atoms with Crippen LogP contribution in [-0.4, -0.2) is 29.9 Å². The number of aryl methyl sites for hydroxylation is 2. The van der Waals surface area contributed by atoms with Crippen molar-refractivity contribution in [3.63, 3.8) is 0 Å². The second-order valence-corrected chi connectivity index (χ2v) is 7.13. The molecule has 0 unspecified atom stereocenters. The summed E-state index contributed by atoms with van der Waals surface area (Å²) in [5.74, 6) is 0.437. The van der Waals surface area contributed by atoms with Crippen LogP contribution in [0.5, 0.6) is 5.75 Å². The van der Waals surface area contributed by atoms with Gasteiger partial charge in [0.2, 0.25) is 11.8 Å². The third-order valence-electron chi connectivity index (χ3n) is 5.35. The smallest absolute Gasteiger partial charge is 0.233 e. The first-order valence-electron chi connectivity index (χ1n) is 8.59. The van der Waals surface area contributed by atoms with Crippen LogP contribution in [0, 0.1) is 25.7 Å². The van der Waals surface area contributed by atoms with Crippen molar-refractivity contribution in [3.8, 4) is 5.75 Å². The molecular formula is C20H25NO3. The van der Waals surface area contributed by atoms with E-state index in [9.17, 15) is 9.59 Å². The normalized spacial score (nSPS) is 23.8. The molecule has 1 aliphatic heterocycles. The van der Waals surface area contributed by atoms with E-state index in [0.29, 0.717) is 13.2 Å². The zero-order valence-electron chi connectivity index (χ0n) is 14.9. The molecule has 1 saturated heterocycles. The van der Waals surface area contributed by atoms with Crippen molar-refractivity contribution in [2.45, 2.75) is 40.5 Å². The number of benzene rings is 1. The number of carbonyl (C=O) groups excluding carboxylic acids is 2. The molecule has 1 heterocycles. The van der Waals surface area contributed by atoms with E-state index < -0.39 is 0 Å². The summed E-state index contributed by atoms with van der Waals surface area (Å²) in [5, 5.41) is 0. The Bertz CT molecular complexity index is 688. The molecule has 0 bridgehead atoms. The Labute approximate surface area is 143 Å². The maximum Gasteiger partial charge on any atom is 0.233 e. The molecule has 0 aromatic heterocycles. The second kappa shape index (κ2) is 6.42. The largest absolute Gasteiger partial charge is 0.491 e. The summed E-state index contributed by atoms with van der Waals surface area (Å²) < 4.78 is 5.82. The lowest BCUT2D eigenvalue weighted by Crippen LogP contribution is -2.34. The Balaban J connectivity index is 1.64. The van der Waals surface area contributed by atoms with Gasteiger partial charge in [-0.25, -0.2) is 0 Å². The molecule has 0 saturated carbocycles. The molecule has 1 aromatic rings. The van der Waals surface area contributed by atoms with E-state index in [0.717, 1.165) is 29.7 Å². The first kappa shape index (κ1) is 16.7. The zero-order valence-corrected chi connectivity index (χ0v) is 14.9. The van der Waals surface area contributed by atoms with E-state index >= 15 is 0 Å². The molecule has 24 heavy (non-hydrogen) atoms. The van der Waals surface area contributed by atoms with Crippen LogP contribution >= 0.6 is 0 Å². The van der Waals surface area contributed by atoms with Gasteiger partial charge in [-0.3, -0.25) is 14.5 Å². The minimum absolute atomic E-state index is 0.0265. The number of carbonyl (C=O) groups is 2. The van der Waals surface area contributed by atoms with Gasteiger partial charge in [-0.2, -0.15) is 0 Å². The van der Waals surface area contributed by atoms with E-state index in [2.05, 4.69) is 13.8 Å². The highest BCUT2D eigenvalue weighted by Crippen LogP contribution is 2.40. The van der Waals surface area contributed by atoms with Crippen molar-refractivity contribution in [1.82, 2.24) is 4.90 Å². The molecule has 4 nitrogen and oxygen atoms in total. The van der Waals surface area contributed by atoms with Crippen LogP contribution in [0.15, 0.2) is 29.3 Å². The van der Waals surface area contributed by atoms with Gasteiger partial charge in [0.15, 0.2) is 0 Å². The monoisotopic (exact) mass is 327 g/mol. The van der Waals surface area contributed by atoms with E-state index in [1.54, 1.807) is 0 Å². The summed E-state index contributed by atoms with van der Waals surface area (Å²) in [6.07, 6.45) is 1.44. The van der Waals surface area contributed by atoms with Gasteiger partial charge < -0.3 is 4.74 Å². The molecule has 0 N–H and O–H groups in total. The van der Waals surface area contributed by atoms with Gasteiger partial charge in [0.05, 0.1) is 18.4 Å². The number of allylic oxidation sites excluding steroid dienone is 2. The van der Waals surface area contributed by atoms with E-state index in [1.165, 1.54) is 16.0 Å². The number of hydrogen-bond donors (Lipinski definition) is 0. The van der Waals surface area contributed by atoms with Crippen LogP contribution in [-0.2, 0) is 9.59 Å². The summed E-state index contributed by atoms with van der Waals surface area (Å²) in [7, 11) is 0. The predicted molar refractivity (Wildman–Crippen MR) is 92.7 cm³/mol. The molecule has 4 heteroatoms. The van der Waals surface area contributed by atoms with Crippen molar-refractivity contribution < 1.29 is 14.3 Å². The molecule has 1 aliphatic carbocycles. The van der Waals surface area contributed by atoms with Crippen molar-refractivity contribution in [2.24, 2.45) is 11.8 Å². The molecule has 2 aliphatic rings. The first-order valence-corrected chi connectivity index (χ1v) is 8.59. The number of imide groups is 1. The third-order valence-corrected chi connectivity index (χ3v) is 5.35. The summed E-state index contributed by atoms with van der Waals surface area (Å²) >= 11 is 0. The van der Waals surface area contributed by atoms with E-state index in [-0.39, 0.29) is 23.7 Å². The van der Waals surface area contributed by atoms with Gasteiger partial charge >= 0.3 is 0 Å². The molecule has 0 spiro atoms. The van der Waals surface area contributed by atoms with Gasteiger partial charge in [0, 0.05) is 0 Å². The van der Waals surface area contributed by atoms with Crippen LogP contribution in [0.1, 0.15) is 37.8 Å². The standard InChI is InChI=1S/C20H25NO3/c1-12-5-6-13(2)18(9-12)24-8-7-21-19(22)16-10-14(3)15(4)11-17(16)20(21)23/h5-6,9,16-17H,7-8,10-11H2,1-4H3/t16-,17-/m1/s1. The minimum Gasteiger partial charge on any atom is -0.491 e. The fourth-order valence-corrected chi connectivity index (χ4v) is 3.65. The lowest BCUT2D eigenvalue weighted by atomic mass is 9.78. The molecule has 3 rings (SSSR count). The van der Waals surface area contributed by atoms with Crippen molar-refractivity contribution in [3.05, 3.63) is 40.5 Å². The molecule has 1 fully saturated rings. The van der Waals surface area contributed by atoms with Crippen molar-refractivity contribution in [1.29, 1.82) is 0 Å². The second-order valence-electron chi connectivity index (χ2n) is 7.13. The SMILES string of the molecule is CC1=C(C)C[C@H]2C(=O)N(CCOc3cc(C)ccc3C)C(=O)[C@@H]2C1. The molecular weight excluding hydrogens is 302 g/mol. The maximum absolute atomic E-state index is 12.6. The lowest BCUT2D eigenvalue weighted by Gasteiger charge is -2.23. The van der Waals surface area contributed by atoms with Gasteiger partial charge in [0.1, 0.15) is 12.4 Å². The van der Waals surface area contributed by atoms with Crippen molar-refractivity contribution in [2.75, 3.05) is 13.2 Å². The summed E-state index contributed by atoms with van der Waals surface area (Å²) in [6, 6.07) is 6.04. The Hall–Kier alpha value is -2.10. The Morgan fingerprint density at radius 3 is 2.17 bits per heavy atom. The van der Waals surface area contributed by atoms with E-state index in [1.807, 2.05) is 32.0 Å².